The standard InChI is InChI=1S/C13H20N4O2/c1-2-19-9-3-8(4-9)17-13(18)11-5-10-12(6-14-11)16-7-15-10/h7-9,11,14H,2-6H2,1H3,(H,15,16)(H,17,18). The summed E-state index contributed by atoms with van der Waals surface area (Å²) in [5.74, 6) is 0.0774. The van der Waals surface area contributed by atoms with Gasteiger partial charge in [-0.25, -0.2) is 4.98 Å². The second-order valence-corrected chi connectivity index (χ2v) is 5.22. The molecule has 2 heterocycles. The molecule has 3 rings (SSSR count). The van der Waals surface area contributed by atoms with Crippen LogP contribution in [-0.4, -0.2) is 40.7 Å². The fraction of sp³-hybridized carbons (Fsp3) is 0.692. The van der Waals surface area contributed by atoms with Gasteiger partial charge in [0.15, 0.2) is 0 Å². The van der Waals surface area contributed by atoms with E-state index in [1.54, 1.807) is 6.33 Å². The van der Waals surface area contributed by atoms with Crippen LogP contribution in [0.5, 0.6) is 0 Å². The average molecular weight is 264 g/mol. The fourth-order valence-electron chi connectivity index (χ4n) is 2.71. The highest BCUT2D eigenvalue weighted by molar-refractivity contribution is 5.82. The highest BCUT2D eigenvalue weighted by Gasteiger charge is 2.33. The molecule has 3 N–H and O–H groups in total. The smallest absolute Gasteiger partial charge is 0.237 e. The van der Waals surface area contributed by atoms with Crippen molar-refractivity contribution < 1.29 is 9.53 Å². The summed E-state index contributed by atoms with van der Waals surface area (Å²) in [6.45, 7) is 3.43. The summed E-state index contributed by atoms with van der Waals surface area (Å²) in [7, 11) is 0. The van der Waals surface area contributed by atoms with Crippen molar-refractivity contribution in [1.29, 1.82) is 0 Å². The molecule has 6 heteroatoms. The zero-order valence-corrected chi connectivity index (χ0v) is 11.1. The maximum atomic E-state index is 12.1. The maximum Gasteiger partial charge on any atom is 0.237 e. The minimum absolute atomic E-state index is 0.0774. The van der Waals surface area contributed by atoms with Gasteiger partial charge >= 0.3 is 0 Å². The van der Waals surface area contributed by atoms with Gasteiger partial charge in [-0.2, -0.15) is 0 Å². The molecule has 1 aliphatic heterocycles. The molecule has 0 saturated heterocycles. The molecule has 1 saturated carbocycles. The average Bonchev–Trinajstić information content (AvgIpc) is 2.83. The summed E-state index contributed by atoms with van der Waals surface area (Å²) in [6, 6.07) is 0.105. The van der Waals surface area contributed by atoms with Crippen LogP contribution in [0.25, 0.3) is 0 Å². The quantitative estimate of drug-likeness (QED) is 0.721. The van der Waals surface area contributed by atoms with Gasteiger partial charge in [-0.05, 0) is 19.8 Å². The summed E-state index contributed by atoms with van der Waals surface area (Å²) in [5, 5.41) is 6.31. The van der Waals surface area contributed by atoms with E-state index in [0.717, 1.165) is 30.8 Å². The van der Waals surface area contributed by atoms with Crippen LogP contribution in [0.4, 0.5) is 0 Å². The molecule has 104 valence electrons. The van der Waals surface area contributed by atoms with Crippen LogP contribution in [0, 0.1) is 0 Å². The molecule has 1 aromatic heterocycles. The number of amides is 1. The molecule has 6 nitrogen and oxygen atoms in total. The summed E-state index contributed by atoms with van der Waals surface area (Å²) in [4.78, 5) is 19.5. The van der Waals surface area contributed by atoms with Crippen LogP contribution in [0.3, 0.4) is 0 Å². The Bertz CT molecular complexity index is 453. The molecule has 1 aliphatic carbocycles. The Morgan fingerprint density at radius 3 is 3.21 bits per heavy atom. The molecule has 19 heavy (non-hydrogen) atoms. The molecule has 1 unspecified atom stereocenters. The number of nitrogens with zero attached hydrogens (tertiary/aromatic N) is 1. The van der Waals surface area contributed by atoms with Crippen molar-refractivity contribution in [2.24, 2.45) is 0 Å². The Labute approximate surface area is 112 Å². The first-order chi connectivity index (χ1) is 9.26. The number of hydrogen-bond donors (Lipinski definition) is 3. The van der Waals surface area contributed by atoms with Gasteiger partial charge in [0.2, 0.25) is 5.91 Å². The van der Waals surface area contributed by atoms with Crippen LogP contribution < -0.4 is 10.6 Å². The monoisotopic (exact) mass is 264 g/mol. The largest absolute Gasteiger partial charge is 0.378 e. The second-order valence-electron chi connectivity index (χ2n) is 5.22. The third-order valence-electron chi connectivity index (χ3n) is 3.89. The summed E-state index contributed by atoms with van der Waals surface area (Å²) >= 11 is 0. The summed E-state index contributed by atoms with van der Waals surface area (Å²) in [5.41, 5.74) is 2.09. The van der Waals surface area contributed by atoms with Crippen molar-refractivity contribution in [3.05, 3.63) is 17.7 Å². The number of ether oxygens (including phenoxy) is 1. The van der Waals surface area contributed by atoms with E-state index in [9.17, 15) is 4.79 Å². The maximum absolute atomic E-state index is 12.1. The zero-order chi connectivity index (χ0) is 13.2. The lowest BCUT2D eigenvalue weighted by atomic mass is 9.88. The minimum Gasteiger partial charge on any atom is -0.378 e. The lowest BCUT2D eigenvalue weighted by Gasteiger charge is -2.36. The number of fused-ring (bicyclic) bond motifs is 1. The zero-order valence-electron chi connectivity index (χ0n) is 11.1. The van der Waals surface area contributed by atoms with Crippen molar-refractivity contribution in [1.82, 2.24) is 20.6 Å². The Balaban J connectivity index is 1.47. The number of nitrogens with one attached hydrogen (secondary N) is 3. The third kappa shape index (κ3) is 2.64. The van der Waals surface area contributed by atoms with Gasteiger partial charge in [0, 0.05) is 25.6 Å². The number of H-pyrrole nitrogens is 1. The van der Waals surface area contributed by atoms with Crippen molar-refractivity contribution in [2.75, 3.05) is 6.61 Å². The van der Waals surface area contributed by atoms with E-state index in [0.29, 0.717) is 19.1 Å². The van der Waals surface area contributed by atoms with Gasteiger partial charge in [0.25, 0.3) is 0 Å². The molecule has 0 aromatic carbocycles. The van der Waals surface area contributed by atoms with Crippen LogP contribution in [0.15, 0.2) is 6.33 Å². The van der Waals surface area contributed by atoms with E-state index in [4.69, 9.17) is 4.74 Å². The van der Waals surface area contributed by atoms with Gasteiger partial charge < -0.3 is 15.0 Å². The summed E-state index contributed by atoms with van der Waals surface area (Å²) in [6.07, 6.45) is 4.53. The predicted molar refractivity (Wildman–Crippen MR) is 69.5 cm³/mol. The predicted octanol–water partition coefficient (Wildman–Crippen LogP) is 0.108. The van der Waals surface area contributed by atoms with Crippen LogP contribution in [0.2, 0.25) is 0 Å². The second kappa shape index (κ2) is 5.30. The SMILES string of the molecule is CCOC1CC(NC(=O)C2Cc3nc[nH]c3CN2)C1. The number of imidazole rings is 1. The van der Waals surface area contributed by atoms with Crippen LogP contribution >= 0.6 is 0 Å². The first-order valence-corrected chi connectivity index (χ1v) is 6.92. The van der Waals surface area contributed by atoms with E-state index in [1.165, 1.54) is 0 Å². The number of carbonyl (C=O) groups excluding carboxylic acids is 1. The fourth-order valence-corrected chi connectivity index (χ4v) is 2.71. The molecular formula is C13H20N4O2. The Morgan fingerprint density at radius 1 is 1.58 bits per heavy atom. The molecule has 1 fully saturated rings. The number of hydrogen-bond acceptors (Lipinski definition) is 4. The van der Waals surface area contributed by atoms with Gasteiger partial charge in [0.05, 0.1) is 29.9 Å². The first kappa shape index (κ1) is 12.6. The Morgan fingerprint density at radius 2 is 2.42 bits per heavy atom. The van der Waals surface area contributed by atoms with E-state index in [1.807, 2.05) is 6.92 Å². The van der Waals surface area contributed by atoms with E-state index >= 15 is 0 Å². The topological polar surface area (TPSA) is 79.0 Å². The van der Waals surface area contributed by atoms with Crippen molar-refractivity contribution in [3.63, 3.8) is 0 Å². The van der Waals surface area contributed by atoms with Gasteiger partial charge in [-0.3, -0.25) is 10.1 Å². The third-order valence-corrected chi connectivity index (χ3v) is 3.89. The number of rotatable bonds is 4. The lowest BCUT2D eigenvalue weighted by Crippen LogP contribution is -2.54. The molecule has 1 amide bonds. The van der Waals surface area contributed by atoms with Crippen LogP contribution in [0.1, 0.15) is 31.2 Å². The summed E-state index contributed by atoms with van der Waals surface area (Å²) < 4.78 is 5.49. The minimum atomic E-state index is -0.165. The molecule has 0 bridgehead atoms. The van der Waals surface area contributed by atoms with Crippen LogP contribution in [-0.2, 0) is 22.5 Å². The molecule has 2 aliphatic rings. The molecule has 0 spiro atoms. The van der Waals surface area contributed by atoms with Crippen molar-refractivity contribution in [3.8, 4) is 0 Å². The van der Waals surface area contributed by atoms with Gasteiger partial charge in [-0.15, -0.1) is 0 Å². The Kier molecular flexibility index (Phi) is 3.52. The van der Waals surface area contributed by atoms with Crippen molar-refractivity contribution in [2.45, 2.75) is 50.9 Å². The van der Waals surface area contributed by atoms with E-state index < -0.39 is 0 Å². The van der Waals surface area contributed by atoms with Gasteiger partial charge in [0.1, 0.15) is 0 Å². The van der Waals surface area contributed by atoms with Gasteiger partial charge in [-0.1, -0.05) is 0 Å². The molecule has 1 aromatic rings. The lowest BCUT2D eigenvalue weighted by molar-refractivity contribution is -0.126. The van der Waals surface area contributed by atoms with E-state index in [-0.39, 0.29) is 18.0 Å². The molecule has 0 radical (unpaired) electrons. The number of aromatic nitrogens is 2. The number of aromatic amines is 1. The highest BCUT2D eigenvalue weighted by Crippen LogP contribution is 2.23. The highest BCUT2D eigenvalue weighted by atomic mass is 16.5. The Hall–Kier alpha value is -1.40. The van der Waals surface area contributed by atoms with Crippen molar-refractivity contribution >= 4 is 5.91 Å². The number of carbonyl (C=O) groups is 1. The molecule has 1 atom stereocenters. The first-order valence-electron chi connectivity index (χ1n) is 6.92. The normalized spacial score (nSPS) is 29.4. The molecular weight excluding hydrogens is 244 g/mol. The van der Waals surface area contributed by atoms with E-state index in [2.05, 4.69) is 20.6 Å².